The Bertz CT molecular complexity index is 780. The molecule has 1 fully saturated rings. The average Bonchev–Trinajstić information content (AvgIpc) is 2.83. The van der Waals surface area contributed by atoms with Crippen molar-refractivity contribution < 1.29 is 0 Å². The monoisotopic (exact) mass is 278 g/mol. The summed E-state index contributed by atoms with van der Waals surface area (Å²) in [6.45, 7) is 0.598. The third-order valence-electron chi connectivity index (χ3n) is 4.05. The van der Waals surface area contributed by atoms with Gasteiger partial charge in [0, 0.05) is 26.2 Å². The summed E-state index contributed by atoms with van der Waals surface area (Å²) in [5.41, 5.74) is 5.83. The van der Waals surface area contributed by atoms with Crippen LogP contribution < -0.4 is 22.3 Å². The molecule has 2 aromatic rings. The minimum atomic E-state index is -0.394. The second-order valence-corrected chi connectivity index (χ2v) is 5.56. The number of anilines is 1. The van der Waals surface area contributed by atoms with Gasteiger partial charge in [0.1, 0.15) is 0 Å². The topological polar surface area (TPSA) is 111 Å². The maximum Gasteiger partial charge on any atom is 0.332 e. The Morgan fingerprint density at radius 1 is 1.35 bits per heavy atom. The standard InChI is InChI=1S/C12H18N6O2/c1-17-8-7(9(19)18(2)11(17)20)15-10(16-8)14-6-12(13)4-3-5-12/h3-6,13H2,1-2H3,(H2,14,15,16). The number of H-pyrrole nitrogens is 1. The molecule has 3 rings (SSSR count). The smallest absolute Gasteiger partial charge is 0.332 e. The predicted molar refractivity (Wildman–Crippen MR) is 75.8 cm³/mol. The number of aromatic amines is 1. The second kappa shape index (κ2) is 4.20. The van der Waals surface area contributed by atoms with Crippen LogP contribution in [0.4, 0.5) is 5.95 Å². The molecule has 20 heavy (non-hydrogen) atoms. The number of aromatic nitrogens is 4. The van der Waals surface area contributed by atoms with Crippen molar-refractivity contribution in [1.82, 2.24) is 19.1 Å². The van der Waals surface area contributed by atoms with E-state index in [1.807, 2.05) is 0 Å². The molecule has 108 valence electrons. The van der Waals surface area contributed by atoms with E-state index < -0.39 is 5.69 Å². The van der Waals surface area contributed by atoms with Gasteiger partial charge in [-0.1, -0.05) is 0 Å². The quantitative estimate of drug-likeness (QED) is 0.684. The first-order valence-electron chi connectivity index (χ1n) is 6.60. The van der Waals surface area contributed by atoms with E-state index in [0.29, 0.717) is 23.7 Å². The highest BCUT2D eigenvalue weighted by atomic mass is 16.2. The van der Waals surface area contributed by atoms with Gasteiger partial charge < -0.3 is 16.0 Å². The second-order valence-electron chi connectivity index (χ2n) is 5.56. The lowest BCUT2D eigenvalue weighted by molar-refractivity contribution is 0.265. The molecule has 2 heterocycles. The minimum absolute atomic E-state index is 0.185. The molecule has 0 spiro atoms. The Kier molecular flexibility index (Phi) is 2.72. The molecule has 0 atom stereocenters. The maximum absolute atomic E-state index is 12.0. The molecule has 4 N–H and O–H groups in total. The van der Waals surface area contributed by atoms with E-state index in [-0.39, 0.29) is 11.1 Å². The SMILES string of the molecule is Cn1c(=O)c2[nH]c(NCC3(N)CCC3)nc2n(C)c1=O. The predicted octanol–water partition coefficient (Wildman–Crippen LogP) is -0.746. The van der Waals surface area contributed by atoms with Crippen LogP contribution in [-0.4, -0.2) is 31.2 Å². The summed E-state index contributed by atoms with van der Waals surface area (Å²) in [6, 6.07) is 0. The fraction of sp³-hybridized carbons (Fsp3) is 0.583. The van der Waals surface area contributed by atoms with Gasteiger partial charge in [0.2, 0.25) is 5.95 Å². The summed E-state index contributed by atoms with van der Waals surface area (Å²) >= 11 is 0. The molecule has 0 unspecified atom stereocenters. The van der Waals surface area contributed by atoms with E-state index in [0.717, 1.165) is 23.8 Å². The Morgan fingerprint density at radius 2 is 2.05 bits per heavy atom. The first kappa shape index (κ1) is 12.9. The Morgan fingerprint density at radius 3 is 2.65 bits per heavy atom. The van der Waals surface area contributed by atoms with Gasteiger partial charge in [0.05, 0.1) is 0 Å². The molecule has 8 nitrogen and oxygen atoms in total. The summed E-state index contributed by atoms with van der Waals surface area (Å²) in [4.78, 5) is 31.0. The molecule has 0 aromatic carbocycles. The molecule has 1 saturated carbocycles. The molecule has 1 aliphatic carbocycles. The van der Waals surface area contributed by atoms with Crippen molar-refractivity contribution in [3.63, 3.8) is 0 Å². The molecular formula is C12H18N6O2. The summed E-state index contributed by atoms with van der Waals surface area (Å²) in [7, 11) is 3.03. The average molecular weight is 278 g/mol. The summed E-state index contributed by atoms with van der Waals surface area (Å²) in [5, 5.41) is 3.11. The fourth-order valence-corrected chi connectivity index (χ4v) is 2.48. The van der Waals surface area contributed by atoms with Gasteiger partial charge in [-0.15, -0.1) is 0 Å². The van der Waals surface area contributed by atoms with E-state index in [1.165, 1.54) is 11.6 Å². The number of nitrogens with zero attached hydrogens (tertiary/aromatic N) is 3. The van der Waals surface area contributed by atoms with Crippen LogP contribution >= 0.6 is 0 Å². The van der Waals surface area contributed by atoms with Gasteiger partial charge >= 0.3 is 5.69 Å². The van der Waals surface area contributed by atoms with E-state index in [2.05, 4.69) is 15.3 Å². The van der Waals surface area contributed by atoms with Crippen LogP contribution in [-0.2, 0) is 14.1 Å². The zero-order chi connectivity index (χ0) is 14.5. The van der Waals surface area contributed by atoms with Gasteiger partial charge in [0.25, 0.3) is 5.56 Å². The highest BCUT2D eigenvalue weighted by Crippen LogP contribution is 2.28. The van der Waals surface area contributed by atoms with Crippen LogP contribution in [0.3, 0.4) is 0 Å². The summed E-state index contributed by atoms with van der Waals surface area (Å²) in [6.07, 6.45) is 3.12. The molecule has 0 radical (unpaired) electrons. The normalized spacial score (nSPS) is 17.1. The van der Waals surface area contributed by atoms with Crippen molar-refractivity contribution in [1.29, 1.82) is 0 Å². The zero-order valence-corrected chi connectivity index (χ0v) is 11.6. The van der Waals surface area contributed by atoms with E-state index in [4.69, 9.17) is 5.73 Å². The number of nitrogens with one attached hydrogen (secondary N) is 2. The molecule has 8 heteroatoms. The summed E-state index contributed by atoms with van der Waals surface area (Å²) in [5.74, 6) is 0.468. The lowest BCUT2D eigenvalue weighted by atomic mass is 9.78. The first-order chi connectivity index (χ1) is 9.41. The third kappa shape index (κ3) is 1.83. The Hall–Kier alpha value is -2.09. The van der Waals surface area contributed by atoms with Crippen molar-refractivity contribution in [2.75, 3.05) is 11.9 Å². The third-order valence-corrected chi connectivity index (χ3v) is 4.05. The van der Waals surface area contributed by atoms with Crippen LogP contribution in [0.5, 0.6) is 0 Å². The Balaban J connectivity index is 1.98. The number of imidazole rings is 1. The zero-order valence-electron chi connectivity index (χ0n) is 11.6. The Labute approximate surface area is 114 Å². The maximum atomic E-state index is 12.0. The number of fused-ring (bicyclic) bond motifs is 1. The van der Waals surface area contributed by atoms with Gasteiger partial charge in [-0.25, -0.2) is 4.79 Å². The van der Waals surface area contributed by atoms with Crippen LogP contribution in [0.15, 0.2) is 9.59 Å². The number of rotatable bonds is 3. The molecule has 2 aromatic heterocycles. The van der Waals surface area contributed by atoms with E-state index >= 15 is 0 Å². The van der Waals surface area contributed by atoms with Crippen molar-refractivity contribution in [2.45, 2.75) is 24.8 Å². The van der Waals surface area contributed by atoms with Crippen molar-refractivity contribution in [2.24, 2.45) is 19.8 Å². The van der Waals surface area contributed by atoms with Crippen LogP contribution in [0.1, 0.15) is 19.3 Å². The van der Waals surface area contributed by atoms with Crippen LogP contribution in [0, 0.1) is 0 Å². The molecular weight excluding hydrogens is 260 g/mol. The van der Waals surface area contributed by atoms with Gasteiger partial charge in [-0.2, -0.15) is 4.98 Å². The van der Waals surface area contributed by atoms with E-state index in [9.17, 15) is 9.59 Å². The minimum Gasteiger partial charge on any atom is -0.354 e. The van der Waals surface area contributed by atoms with Crippen molar-refractivity contribution >= 4 is 17.1 Å². The molecule has 0 amide bonds. The first-order valence-corrected chi connectivity index (χ1v) is 6.60. The molecule has 1 aliphatic rings. The van der Waals surface area contributed by atoms with Crippen LogP contribution in [0.25, 0.3) is 11.2 Å². The lowest BCUT2D eigenvalue weighted by Gasteiger charge is -2.38. The molecule has 0 aliphatic heterocycles. The van der Waals surface area contributed by atoms with Gasteiger partial charge in [0.15, 0.2) is 11.2 Å². The number of hydrogen-bond donors (Lipinski definition) is 3. The number of nitrogens with two attached hydrogens (primary N) is 1. The van der Waals surface area contributed by atoms with Crippen LogP contribution in [0.2, 0.25) is 0 Å². The molecule has 0 bridgehead atoms. The van der Waals surface area contributed by atoms with Crippen molar-refractivity contribution in [3.8, 4) is 0 Å². The highest BCUT2D eigenvalue weighted by molar-refractivity contribution is 5.72. The number of hydrogen-bond acceptors (Lipinski definition) is 5. The van der Waals surface area contributed by atoms with Gasteiger partial charge in [-0.3, -0.25) is 13.9 Å². The van der Waals surface area contributed by atoms with Gasteiger partial charge in [-0.05, 0) is 19.3 Å². The molecule has 0 saturated heterocycles. The number of aryl methyl sites for hydroxylation is 1. The fourth-order valence-electron chi connectivity index (χ4n) is 2.48. The summed E-state index contributed by atoms with van der Waals surface area (Å²) < 4.78 is 2.40. The largest absolute Gasteiger partial charge is 0.354 e. The van der Waals surface area contributed by atoms with Crippen molar-refractivity contribution in [3.05, 3.63) is 20.8 Å². The highest BCUT2D eigenvalue weighted by Gasteiger charge is 2.32. The van der Waals surface area contributed by atoms with E-state index in [1.54, 1.807) is 7.05 Å². The lowest BCUT2D eigenvalue weighted by Crippen LogP contribution is -2.52.